The van der Waals surface area contributed by atoms with Gasteiger partial charge in [0, 0.05) is 18.2 Å². The lowest BCUT2D eigenvalue weighted by Crippen LogP contribution is -2.41. The molecule has 0 radical (unpaired) electrons. The number of ether oxygens (including phenoxy) is 1. The van der Waals surface area contributed by atoms with Crippen molar-refractivity contribution in [2.45, 2.75) is 40.2 Å². The SMILES string of the molecule is Cc1cc(Cl)ccc1OC(C)C(=O)NCC(C)(C)CCO. The predicted molar refractivity (Wildman–Crippen MR) is 84.8 cm³/mol. The number of hydrogen-bond acceptors (Lipinski definition) is 3. The van der Waals surface area contributed by atoms with Crippen LogP contribution in [-0.4, -0.2) is 30.3 Å². The molecule has 1 amide bonds. The van der Waals surface area contributed by atoms with E-state index in [1.807, 2.05) is 20.8 Å². The maximum Gasteiger partial charge on any atom is 0.260 e. The molecule has 5 heteroatoms. The average Bonchev–Trinajstić information content (AvgIpc) is 2.39. The largest absolute Gasteiger partial charge is 0.481 e. The standard InChI is InChI=1S/C16H24ClNO3/c1-11-9-13(17)5-6-14(11)21-12(2)15(20)18-10-16(3,4)7-8-19/h5-6,9,12,19H,7-8,10H2,1-4H3,(H,18,20). The van der Waals surface area contributed by atoms with Crippen LogP contribution in [-0.2, 0) is 4.79 Å². The summed E-state index contributed by atoms with van der Waals surface area (Å²) in [7, 11) is 0. The molecule has 4 nitrogen and oxygen atoms in total. The third kappa shape index (κ3) is 5.94. The molecule has 0 heterocycles. The van der Waals surface area contributed by atoms with E-state index in [0.29, 0.717) is 23.7 Å². The van der Waals surface area contributed by atoms with Crippen LogP contribution < -0.4 is 10.1 Å². The van der Waals surface area contributed by atoms with Crippen molar-refractivity contribution in [1.29, 1.82) is 0 Å². The second kappa shape index (κ2) is 7.66. The van der Waals surface area contributed by atoms with Gasteiger partial charge < -0.3 is 15.2 Å². The molecular weight excluding hydrogens is 290 g/mol. The van der Waals surface area contributed by atoms with E-state index in [1.54, 1.807) is 25.1 Å². The lowest BCUT2D eigenvalue weighted by atomic mass is 9.90. The fourth-order valence-electron chi connectivity index (χ4n) is 1.85. The Kier molecular flexibility index (Phi) is 6.49. The minimum Gasteiger partial charge on any atom is -0.481 e. The van der Waals surface area contributed by atoms with Crippen molar-refractivity contribution < 1.29 is 14.6 Å². The molecular formula is C16H24ClNO3. The van der Waals surface area contributed by atoms with Gasteiger partial charge in [-0.2, -0.15) is 0 Å². The van der Waals surface area contributed by atoms with Crippen molar-refractivity contribution in [3.8, 4) is 5.75 Å². The lowest BCUT2D eigenvalue weighted by molar-refractivity contribution is -0.127. The highest BCUT2D eigenvalue weighted by Gasteiger charge is 2.21. The van der Waals surface area contributed by atoms with Crippen LogP contribution in [0.1, 0.15) is 32.8 Å². The summed E-state index contributed by atoms with van der Waals surface area (Å²) in [5.41, 5.74) is 0.753. The van der Waals surface area contributed by atoms with Crippen LogP contribution >= 0.6 is 11.6 Å². The number of carbonyl (C=O) groups excluding carboxylic acids is 1. The van der Waals surface area contributed by atoms with Crippen LogP contribution in [0, 0.1) is 12.3 Å². The fourth-order valence-corrected chi connectivity index (χ4v) is 2.08. The second-order valence-corrected chi connectivity index (χ2v) is 6.46. The van der Waals surface area contributed by atoms with Crippen LogP contribution in [0.2, 0.25) is 5.02 Å². The van der Waals surface area contributed by atoms with Gasteiger partial charge in [-0.3, -0.25) is 4.79 Å². The molecule has 1 aromatic rings. The zero-order chi connectivity index (χ0) is 16.0. The Morgan fingerprint density at radius 1 is 1.48 bits per heavy atom. The van der Waals surface area contributed by atoms with Crippen molar-refractivity contribution in [3.63, 3.8) is 0 Å². The van der Waals surface area contributed by atoms with Crippen LogP contribution in [0.25, 0.3) is 0 Å². The Morgan fingerprint density at radius 2 is 2.14 bits per heavy atom. The maximum atomic E-state index is 12.1. The first-order valence-corrected chi connectivity index (χ1v) is 7.44. The van der Waals surface area contributed by atoms with E-state index in [1.165, 1.54) is 0 Å². The topological polar surface area (TPSA) is 58.6 Å². The summed E-state index contributed by atoms with van der Waals surface area (Å²) in [6, 6.07) is 5.29. The van der Waals surface area contributed by atoms with Crippen LogP contribution in [0.15, 0.2) is 18.2 Å². The van der Waals surface area contributed by atoms with Crippen LogP contribution in [0.3, 0.4) is 0 Å². The second-order valence-electron chi connectivity index (χ2n) is 6.03. The Balaban J connectivity index is 2.55. The first-order valence-electron chi connectivity index (χ1n) is 7.06. The van der Waals surface area contributed by atoms with Gasteiger partial charge in [0.15, 0.2) is 6.10 Å². The molecule has 1 unspecified atom stereocenters. The van der Waals surface area contributed by atoms with Gasteiger partial charge in [0.05, 0.1) is 0 Å². The Hall–Kier alpha value is -1.26. The van der Waals surface area contributed by atoms with Crippen molar-refractivity contribution in [2.24, 2.45) is 5.41 Å². The third-order valence-corrected chi connectivity index (χ3v) is 3.57. The minimum atomic E-state index is -0.588. The highest BCUT2D eigenvalue weighted by Crippen LogP contribution is 2.23. The Morgan fingerprint density at radius 3 is 2.71 bits per heavy atom. The summed E-state index contributed by atoms with van der Waals surface area (Å²) in [4.78, 5) is 12.1. The maximum absolute atomic E-state index is 12.1. The zero-order valence-corrected chi connectivity index (χ0v) is 13.8. The molecule has 1 aromatic carbocycles. The predicted octanol–water partition coefficient (Wildman–Crippen LogP) is 2.94. The molecule has 0 aliphatic heterocycles. The number of benzene rings is 1. The van der Waals surface area contributed by atoms with Gasteiger partial charge in [-0.25, -0.2) is 0 Å². The Bertz CT molecular complexity index is 488. The van der Waals surface area contributed by atoms with Gasteiger partial charge >= 0.3 is 0 Å². The molecule has 0 fully saturated rings. The van der Waals surface area contributed by atoms with Crippen LogP contribution in [0.4, 0.5) is 0 Å². The molecule has 0 aliphatic carbocycles. The number of aliphatic hydroxyl groups excluding tert-OH is 1. The van der Waals surface area contributed by atoms with Crippen molar-refractivity contribution >= 4 is 17.5 Å². The van der Waals surface area contributed by atoms with E-state index in [4.69, 9.17) is 21.4 Å². The normalized spacial score (nSPS) is 12.9. The van der Waals surface area contributed by atoms with E-state index < -0.39 is 6.10 Å². The van der Waals surface area contributed by atoms with Gasteiger partial charge in [-0.05, 0) is 49.4 Å². The highest BCUT2D eigenvalue weighted by atomic mass is 35.5. The molecule has 0 bridgehead atoms. The number of aliphatic hydroxyl groups is 1. The van der Waals surface area contributed by atoms with Crippen LogP contribution in [0.5, 0.6) is 5.75 Å². The molecule has 0 saturated carbocycles. The first-order chi connectivity index (χ1) is 9.75. The number of carbonyl (C=O) groups is 1. The number of amides is 1. The Labute approximate surface area is 131 Å². The number of nitrogens with one attached hydrogen (secondary N) is 1. The summed E-state index contributed by atoms with van der Waals surface area (Å²) in [6.07, 6.45) is 0.0496. The van der Waals surface area contributed by atoms with Gasteiger partial charge in [0.25, 0.3) is 5.91 Å². The van der Waals surface area contributed by atoms with E-state index in [0.717, 1.165) is 5.56 Å². The molecule has 118 valence electrons. The molecule has 0 aliphatic rings. The number of aryl methyl sites for hydroxylation is 1. The summed E-state index contributed by atoms with van der Waals surface area (Å²) in [5.74, 6) is 0.479. The smallest absolute Gasteiger partial charge is 0.260 e. The minimum absolute atomic E-state index is 0.110. The summed E-state index contributed by atoms with van der Waals surface area (Å²) >= 11 is 5.89. The van der Waals surface area contributed by atoms with Gasteiger partial charge in [-0.1, -0.05) is 25.4 Å². The molecule has 2 N–H and O–H groups in total. The molecule has 0 aromatic heterocycles. The summed E-state index contributed by atoms with van der Waals surface area (Å²) < 4.78 is 5.67. The van der Waals surface area contributed by atoms with E-state index in [-0.39, 0.29) is 17.9 Å². The molecule has 21 heavy (non-hydrogen) atoms. The van der Waals surface area contributed by atoms with Gasteiger partial charge in [0.1, 0.15) is 5.75 Å². The molecule has 1 rings (SSSR count). The van der Waals surface area contributed by atoms with Crippen molar-refractivity contribution in [3.05, 3.63) is 28.8 Å². The lowest BCUT2D eigenvalue weighted by Gasteiger charge is -2.25. The number of rotatable bonds is 7. The number of hydrogen-bond donors (Lipinski definition) is 2. The average molecular weight is 314 g/mol. The van der Waals surface area contributed by atoms with Crippen molar-refractivity contribution in [1.82, 2.24) is 5.32 Å². The van der Waals surface area contributed by atoms with Gasteiger partial charge in [0.2, 0.25) is 0 Å². The summed E-state index contributed by atoms with van der Waals surface area (Å²) in [6.45, 7) is 8.20. The molecule has 1 atom stereocenters. The molecule has 0 saturated heterocycles. The first kappa shape index (κ1) is 17.8. The quantitative estimate of drug-likeness (QED) is 0.813. The van der Waals surface area contributed by atoms with E-state index >= 15 is 0 Å². The highest BCUT2D eigenvalue weighted by molar-refractivity contribution is 6.30. The third-order valence-electron chi connectivity index (χ3n) is 3.34. The monoisotopic (exact) mass is 313 g/mol. The van der Waals surface area contributed by atoms with E-state index in [9.17, 15) is 4.79 Å². The van der Waals surface area contributed by atoms with Gasteiger partial charge in [-0.15, -0.1) is 0 Å². The fraction of sp³-hybridized carbons (Fsp3) is 0.562. The number of halogens is 1. The summed E-state index contributed by atoms with van der Waals surface area (Å²) in [5, 5.41) is 12.5. The van der Waals surface area contributed by atoms with Crippen molar-refractivity contribution in [2.75, 3.05) is 13.2 Å². The zero-order valence-electron chi connectivity index (χ0n) is 13.1. The molecule has 0 spiro atoms. The van der Waals surface area contributed by atoms with E-state index in [2.05, 4.69) is 5.32 Å².